The zero-order valence-electron chi connectivity index (χ0n) is 12.4. The van der Waals surface area contributed by atoms with Crippen LogP contribution in [0.15, 0.2) is 28.8 Å². The first kappa shape index (κ1) is 15.9. The third kappa shape index (κ3) is 2.67. The molecule has 1 amide bonds. The van der Waals surface area contributed by atoms with Crippen molar-refractivity contribution in [2.24, 2.45) is 5.10 Å². The van der Waals surface area contributed by atoms with E-state index in [9.17, 15) is 25.1 Å². The quantitative estimate of drug-likeness (QED) is 0.497. The van der Waals surface area contributed by atoms with Crippen LogP contribution in [0.25, 0.3) is 0 Å². The number of phenols is 2. The van der Waals surface area contributed by atoms with Crippen molar-refractivity contribution in [3.63, 3.8) is 0 Å². The summed E-state index contributed by atoms with van der Waals surface area (Å²) in [6.07, 6.45) is 1.92. The van der Waals surface area contributed by atoms with E-state index >= 15 is 0 Å². The number of hydrogen-bond acceptors (Lipinski definition) is 8. The summed E-state index contributed by atoms with van der Waals surface area (Å²) >= 11 is 1.38. The number of nitro groups is 1. The molecule has 1 atom stereocenters. The molecule has 2 heterocycles. The van der Waals surface area contributed by atoms with E-state index in [-0.39, 0.29) is 11.5 Å². The molecular weight excluding hydrogens is 336 g/mol. The average molecular weight is 348 g/mol. The van der Waals surface area contributed by atoms with Gasteiger partial charge in [0, 0.05) is 36.6 Å². The Labute approximate surface area is 139 Å². The third-order valence-electron chi connectivity index (χ3n) is 3.57. The first-order chi connectivity index (χ1) is 11.4. The highest BCUT2D eigenvalue weighted by atomic mass is 32.1. The van der Waals surface area contributed by atoms with E-state index < -0.39 is 28.2 Å². The molecule has 0 saturated carbocycles. The number of aromatic nitrogens is 1. The van der Waals surface area contributed by atoms with Crippen molar-refractivity contribution in [2.45, 2.75) is 19.4 Å². The highest BCUT2D eigenvalue weighted by molar-refractivity contribution is 7.09. The van der Waals surface area contributed by atoms with Crippen LogP contribution in [-0.2, 0) is 4.79 Å². The van der Waals surface area contributed by atoms with Crippen LogP contribution in [0.5, 0.6) is 11.5 Å². The second-order valence-corrected chi connectivity index (χ2v) is 6.05. The standard InChI is InChI=1S/C14H12N4O5S/c1-7(19)17-11(14-15-2-3-24-14)6-9(16-17)8-4-10(18(22)23)13(21)12(20)5-8/h2-5,11,20-21H,6H2,1H3. The maximum Gasteiger partial charge on any atom is 0.315 e. The molecule has 10 heteroatoms. The molecule has 0 aliphatic carbocycles. The summed E-state index contributed by atoms with van der Waals surface area (Å²) in [6.45, 7) is 1.36. The largest absolute Gasteiger partial charge is 0.504 e. The lowest BCUT2D eigenvalue weighted by Crippen LogP contribution is -2.24. The van der Waals surface area contributed by atoms with Gasteiger partial charge in [0.15, 0.2) is 5.75 Å². The van der Waals surface area contributed by atoms with Crippen LogP contribution in [0.2, 0.25) is 0 Å². The molecule has 24 heavy (non-hydrogen) atoms. The van der Waals surface area contributed by atoms with E-state index in [1.165, 1.54) is 29.3 Å². The van der Waals surface area contributed by atoms with Crippen LogP contribution in [0.3, 0.4) is 0 Å². The number of benzene rings is 1. The summed E-state index contributed by atoms with van der Waals surface area (Å²) in [4.78, 5) is 26.2. The molecule has 9 nitrogen and oxygen atoms in total. The molecule has 0 fully saturated rings. The van der Waals surface area contributed by atoms with E-state index in [4.69, 9.17) is 0 Å². The Hall–Kier alpha value is -3.01. The van der Waals surface area contributed by atoms with E-state index in [2.05, 4.69) is 10.1 Å². The van der Waals surface area contributed by atoms with Crippen LogP contribution < -0.4 is 0 Å². The second-order valence-electron chi connectivity index (χ2n) is 5.12. The molecule has 0 saturated heterocycles. The Morgan fingerprint density at radius 1 is 1.46 bits per heavy atom. The molecular formula is C14H12N4O5S. The fourth-order valence-corrected chi connectivity index (χ4v) is 3.20. The van der Waals surface area contributed by atoms with Gasteiger partial charge in [-0.05, 0) is 6.07 Å². The van der Waals surface area contributed by atoms with Gasteiger partial charge in [-0.25, -0.2) is 9.99 Å². The molecule has 1 aromatic heterocycles. The lowest BCUT2D eigenvalue weighted by atomic mass is 10.0. The van der Waals surface area contributed by atoms with Gasteiger partial charge < -0.3 is 10.2 Å². The van der Waals surface area contributed by atoms with E-state index in [1.807, 2.05) is 0 Å². The minimum atomic E-state index is -0.803. The molecule has 0 bridgehead atoms. The first-order valence-corrected chi connectivity index (χ1v) is 7.74. The molecule has 1 aliphatic heterocycles. The number of phenolic OH excluding ortho intramolecular Hbond substituents is 2. The predicted octanol–water partition coefficient (Wildman–Crippen LogP) is 2.16. The fraction of sp³-hybridized carbons (Fsp3) is 0.214. The summed E-state index contributed by atoms with van der Waals surface area (Å²) in [5, 5.41) is 38.2. The summed E-state index contributed by atoms with van der Waals surface area (Å²) in [5.74, 6) is -1.71. The normalized spacial score (nSPS) is 17.0. The average Bonchev–Trinajstić information content (AvgIpc) is 3.17. The zero-order chi connectivity index (χ0) is 17.4. The molecule has 3 rings (SSSR count). The summed E-state index contributed by atoms with van der Waals surface area (Å²) < 4.78 is 0. The monoisotopic (exact) mass is 348 g/mol. The SMILES string of the molecule is CC(=O)N1N=C(c2cc(O)c(O)c([N+](=O)[O-])c2)CC1c1nccs1. The maximum absolute atomic E-state index is 11.8. The smallest absolute Gasteiger partial charge is 0.315 e. The predicted molar refractivity (Wildman–Crippen MR) is 85.0 cm³/mol. The number of amides is 1. The molecule has 124 valence electrons. The van der Waals surface area contributed by atoms with Crippen molar-refractivity contribution in [1.29, 1.82) is 0 Å². The van der Waals surface area contributed by atoms with Crippen LogP contribution in [-0.4, -0.2) is 36.7 Å². The Bertz CT molecular complexity index is 849. The number of rotatable bonds is 3. The van der Waals surface area contributed by atoms with Crippen molar-refractivity contribution in [2.75, 3.05) is 0 Å². The second kappa shape index (κ2) is 5.89. The number of aromatic hydroxyl groups is 2. The van der Waals surface area contributed by atoms with Crippen LogP contribution in [0, 0.1) is 10.1 Å². The van der Waals surface area contributed by atoms with Crippen LogP contribution in [0.1, 0.15) is 30.0 Å². The van der Waals surface area contributed by atoms with Gasteiger partial charge in [-0.3, -0.25) is 14.9 Å². The number of carbonyl (C=O) groups excluding carboxylic acids is 1. The number of nitrogens with zero attached hydrogens (tertiary/aromatic N) is 4. The minimum Gasteiger partial charge on any atom is -0.504 e. The Morgan fingerprint density at radius 3 is 2.79 bits per heavy atom. The number of hydrazone groups is 1. The Kier molecular flexibility index (Phi) is 3.89. The lowest BCUT2D eigenvalue weighted by molar-refractivity contribution is -0.386. The third-order valence-corrected chi connectivity index (χ3v) is 4.45. The maximum atomic E-state index is 11.8. The molecule has 2 aromatic rings. The number of carbonyl (C=O) groups is 1. The van der Waals surface area contributed by atoms with Gasteiger partial charge >= 0.3 is 5.69 Å². The molecule has 0 radical (unpaired) electrons. The topological polar surface area (TPSA) is 129 Å². The van der Waals surface area contributed by atoms with Gasteiger partial charge in [0.05, 0.1) is 10.6 Å². The number of thiazole rings is 1. The molecule has 1 unspecified atom stereocenters. The van der Waals surface area contributed by atoms with Gasteiger partial charge in [-0.15, -0.1) is 11.3 Å². The number of hydrogen-bond donors (Lipinski definition) is 2. The summed E-state index contributed by atoms with van der Waals surface area (Å²) in [6, 6.07) is 1.91. The highest BCUT2D eigenvalue weighted by Crippen LogP contribution is 2.39. The zero-order valence-corrected chi connectivity index (χ0v) is 13.2. The van der Waals surface area contributed by atoms with Crippen molar-refractivity contribution in [3.8, 4) is 11.5 Å². The van der Waals surface area contributed by atoms with Crippen LogP contribution in [0.4, 0.5) is 5.69 Å². The molecule has 1 aliphatic rings. The van der Waals surface area contributed by atoms with Gasteiger partial charge in [0.2, 0.25) is 11.7 Å². The molecule has 2 N–H and O–H groups in total. The van der Waals surface area contributed by atoms with E-state index in [0.29, 0.717) is 17.1 Å². The minimum absolute atomic E-state index is 0.266. The molecule has 0 spiro atoms. The van der Waals surface area contributed by atoms with Gasteiger partial charge in [0.25, 0.3) is 0 Å². The van der Waals surface area contributed by atoms with Crippen LogP contribution >= 0.6 is 11.3 Å². The number of nitro benzene ring substituents is 1. The Morgan fingerprint density at radius 2 is 2.21 bits per heavy atom. The van der Waals surface area contributed by atoms with E-state index in [0.717, 1.165) is 6.07 Å². The molecule has 1 aromatic carbocycles. The van der Waals surface area contributed by atoms with Gasteiger partial charge in [-0.1, -0.05) is 0 Å². The van der Waals surface area contributed by atoms with Crippen molar-refractivity contribution in [1.82, 2.24) is 9.99 Å². The van der Waals surface area contributed by atoms with Gasteiger partial charge in [0.1, 0.15) is 11.0 Å². The van der Waals surface area contributed by atoms with Gasteiger partial charge in [-0.2, -0.15) is 5.10 Å². The van der Waals surface area contributed by atoms with Crippen molar-refractivity contribution in [3.05, 3.63) is 44.4 Å². The fourth-order valence-electron chi connectivity index (χ4n) is 2.48. The van der Waals surface area contributed by atoms with Crippen molar-refractivity contribution < 1.29 is 19.9 Å². The van der Waals surface area contributed by atoms with Crippen molar-refractivity contribution >= 4 is 28.6 Å². The Balaban J connectivity index is 2.03. The summed E-state index contributed by atoms with van der Waals surface area (Å²) in [5.41, 5.74) is 0.0332. The lowest BCUT2D eigenvalue weighted by Gasteiger charge is -2.17. The summed E-state index contributed by atoms with van der Waals surface area (Å²) in [7, 11) is 0. The first-order valence-electron chi connectivity index (χ1n) is 6.86. The van der Waals surface area contributed by atoms with E-state index in [1.54, 1.807) is 11.6 Å². The highest BCUT2D eigenvalue weighted by Gasteiger charge is 2.34.